The van der Waals surface area contributed by atoms with E-state index in [-0.39, 0.29) is 35.7 Å². The van der Waals surface area contributed by atoms with Crippen molar-refractivity contribution in [1.82, 2.24) is 15.2 Å². The molecule has 0 aliphatic carbocycles. The van der Waals surface area contributed by atoms with E-state index in [1.807, 2.05) is 24.4 Å². The first-order valence-electron chi connectivity index (χ1n) is 9.91. The third-order valence-corrected chi connectivity index (χ3v) is 5.30. The standard InChI is InChI=1S/C22H20N4O5/c27-20(24-9-7-14-3-6-19-15(12-14)8-10-23-19)2-1-11-25-21(28)17-5-4-16(26(30)31)13-18(17)22(25)29/h3-6,8,10,12-13,23H,1-2,7,9,11H2,(H,24,27). The van der Waals surface area contributed by atoms with Crippen molar-refractivity contribution in [2.24, 2.45) is 0 Å². The van der Waals surface area contributed by atoms with Gasteiger partial charge in [0.2, 0.25) is 5.91 Å². The second-order valence-electron chi connectivity index (χ2n) is 7.35. The molecule has 0 saturated heterocycles. The zero-order valence-electron chi connectivity index (χ0n) is 16.6. The average molecular weight is 420 g/mol. The Bertz CT molecular complexity index is 1200. The van der Waals surface area contributed by atoms with Crippen LogP contribution in [0.2, 0.25) is 0 Å². The average Bonchev–Trinajstić information content (AvgIpc) is 3.31. The van der Waals surface area contributed by atoms with Crippen LogP contribution in [0.15, 0.2) is 48.7 Å². The number of fused-ring (bicyclic) bond motifs is 2. The van der Waals surface area contributed by atoms with Crippen LogP contribution in [0.3, 0.4) is 0 Å². The van der Waals surface area contributed by atoms with Gasteiger partial charge in [0.1, 0.15) is 0 Å². The van der Waals surface area contributed by atoms with E-state index in [1.165, 1.54) is 12.1 Å². The molecule has 1 aromatic heterocycles. The van der Waals surface area contributed by atoms with Crippen LogP contribution < -0.4 is 5.32 Å². The molecule has 31 heavy (non-hydrogen) atoms. The van der Waals surface area contributed by atoms with Crippen LogP contribution in [-0.2, 0) is 11.2 Å². The molecule has 9 heteroatoms. The second kappa shape index (κ2) is 8.39. The van der Waals surface area contributed by atoms with Gasteiger partial charge in [-0.2, -0.15) is 0 Å². The summed E-state index contributed by atoms with van der Waals surface area (Å²) in [5.41, 5.74) is 2.13. The maximum Gasteiger partial charge on any atom is 0.270 e. The van der Waals surface area contributed by atoms with E-state index in [9.17, 15) is 24.5 Å². The number of aromatic amines is 1. The molecule has 0 bridgehead atoms. The first-order valence-corrected chi connectivity index (χ1v) is 9.91. The zero-order valence-corrected chi connectivity index (χ0v) is 16.6. The largest absolute Gasteiger partial charge is 0.361 e. The number of nitrogens with one attached hydrogen (secondary N) is 2. The Balaban J connectivity index is 1.24. The molecule has 2 aromatic carbocycles. The normalized spacial score (nSPS) is 13.0. The molecule has 4 rings (SSSR count). The van der Waals surface area contributed by atoms with Crippen LogP contribution >= 0.6 is 0 Å². The number of nitro benzene ring substituents is 1. The molecule has 1 aliphatic rings. The number of rotatable bonds is 8. The third kappa shape index (κ3) is 4.16. The number of aromatic nitrogens is 1. The van der Waals surface area contributed by atoms with Gasteiger partial charge in [-0.25, -0.2) is 0 Å². The molecular formula is C22H20N4O5. The van der Waals surface area contributed by atoms with E-state index in [1.54, 1.807) is 0 Å². The summed E-state index contributed by atoms with van der Waals surface area (Å²) < 4.78 is 0. The SMILES string of the molecule is O=C(CCCN1C(=O)c2ccc([N+](=O)[O-])cc2C1=O)NCCc1ccc2[nH]ccc2c1. The van der Waals surface area contributed by atoms with Crippen molar-refractivity contribution in [2.45, 2.75) is 19.3 Å². The third-order valence-electron chi connectivity index (χ3n) is 5.30. The summed E-state index contributed by atoms with van der Waals surface area (Å²) in [7, 11) is 0. The van der Waals surface area contributed by atoms with Gasteiger partial charge in [-0.05, 0) is 48.1 Å². The van der Waals surface area contributed by atoms with E-state index in [0.717, 1.165) is 27.4 Å². The summed E-state index contributed by atoms with van der Waals surface area (Å²) in [5, 5.41) is 14.9. The van der Waals surface area contributed by atoms with Gasteiger partial charge in [-0.3, -0.25) is 29.4 Å². The summed E-state index contributed by atoms with van der Waals surface area (Å²) in [6.07, 6.45) is 3.06. The van der Waals surface area contributed by atoms with E-state index in [0.29, 0.717) is 19.4 Å². The molecule has 0 radical (unpaired) electrons. The number of amides is 3. The molecule has 0 fully saturated rings. The minimum atomic E-state index is -0.610. The van der Waals surface area contributed by atoms with E-state index >= 15 is 0 Å². The van der Waals surface area contributed by atoms with Gasteiger partial charge in [-0.15, -0.1) is 0 Å². The van der Waals surface area contributed by atoms with Crippen molar-refractivity contribution in [3.63, 3.8) is 0 Å². The Hall–Kier alpha value is -4.01. The molecule has 158 valence electrons. The van der Waals surface area contributed by atoms with Crippen molar-refractivity contribution in [3.8, 4) is 0 Å². The number of hydrogen-bond acceptors (Lipinski definition) is 5. The molecular weight excluding hydrogens is 400 g/mol. The van der Waals surface area contributed by atoms with E-state index in [2.05, 4.69) is 16.4 Å². The Morgan fingerprint density at radius 1 is 1.06 bits per heavy atom. The first-order chi connectivity index (χ1) is 14.9. The predicted octanol–water partition coefficient (Wildman–Crippen LogP) is 2.81. The van der Waals surface area contributed by atoms with Gasteiger partial charge < -0.3 is 10.3 Å². The van der Waals surface area contributed by atoms with Crippen LogP contribution in [-0.4, -0.2) is 45.6 Å². The molecule has 3 amide bonds. The number of benzene rings is 2. The highest BCUT2D eigenvalue weighted by atomic mass is 16.6. The fourth-order valence-corrected chi connectivity index (χ4v) is 3.69. The maximum atomic E-state index is 12.4. The summed E-state index contributed by atoms with van der Waals surface area (Å²) in [6, 6.07) is 11.7. The molecule has 2 N–H and O–H groups in total. The van der Waals surface area contributed by atoms with Gasteiger partial charge in [-0.1, -0.05) is 6.07 Å². The number of hydrogen-bond donors (Lipinski definition) is 2. The van der Waals surface area contributed by atoms with Crippen molar-refractivity contribution in [1.29, 1.82) is 0 Å². The van der Waals surface area contributed by atoms with Gasteiger partial charge in [0.25, 0.3) is 17.5 Å². The van der Waals surface area contributed by atoms with E-state index < -0.39 is 16.7 Å². The highest BCUT2D eigenvalue weighted by Crippen LogP contribution is 2.27. The fourth-order valence-electron chi connectivity index (χ4n) is 3.69. The van der Waals surface area contributed by atoms with Crippen LogP contribution in [0.1, 0.15) is 39.1 Å². The lowest BCUT2D eigenvalue weighted by atomic mass is 10.1. The quantitative estimate of drug-likeness (QED) is 0.329. The number of imide groups is 1. The minimum absolute atomic E-state index is 0.0306. The summed E-state index contributed by atoms with van der Waals surface area (Å²) in [6.45, 7) is 0.573. The number of carbonyl (C=O) groups excluding carboxylic acids is 3. The Morgan fingerprint density at radius 2 is 1.87 bits per heavy atom. The van der Waals surface area contributed by atoms with Gasteiger partial charge >= 0.3 is 0 Å². The highest BCUT2D eigenvalue weighted by Gasteiger charge is 2.36. The molecule has 9 nitrogen and oxygen atoms in total. The second-order valence-corrected chi connectivity index (χ2v) is 7.35. The topological polar surface area (TPSA) is 125 Å². The molecule has 2 heterocycles. The monoisotopic (exact) mass is 420 g/mol. The Kier molecular flexibility index (Phi) is 5.48. The minimum Gasteiger partial charge on any atom is -0.361 e. The molecule has 0 spiro atoms. The fraction of sp³-hybridized carbons (Fsp3) is 0.227. The van der Waals surface area contributed by atoms with Crippen molar-refractivity contribution in [3.05, 3.63) is 75.5 Å². The number of nitrogens with zero attached hydrogens (tertiary/aromatic N) is 2. The van der Waals surface area contributed by atoms with Crippen LogP contribution in [0.25, 0.3) is 10.9 Å². The molecule has 3 aromatic rings. The summed E-state index contributed by atoms with van der Waals surface area (Å²) >= 11 is 0. The van der Waals surface area contributed by atoms with Crippen LogP contribution in [0.5, 0.6) is 0 Å². The number of non-ortho nitro benzene ring substituents is 1. The molecule has 0 saturated carbocycles. The zero-order chi connectivity index (χ0) is 22.0. The molecule has 0 unspecified atom stereocenters. The number of nitro groups is 1. The predicted molar refractivity (Wildman–Crippen MR) is 113 cm³/mol. The van der Waals surface area contributed by atoms with Gasteiger partial charge in [0, 0.05) is 43.4 Å². The van der Waals surface area contributed by atoms with Crippen LogP contribution in [0.4, 0.5) is 5.69 Å². The summed E-state index contributed by atoms with van der Waals surface area (Å²) in [5.74, 6) is -1.21. The van der Waals surface area contributed by atoms with E-state index in [4.69, 9.17) is 0 Å². The number of H-pyrrole nitrogens is 1. The van der Waals surface area contributed by atoms with Crippen molar-refractivity contribution >= 4 is 34.3 Å². The molecule has 1 aliphatic heterocycles. The van der Waals surface area contributed by atoms with Crippen LogP contribution in [0, 0.1) is 10.1 Å². The highest BCUT2D eigenvalue weighted by molar-refractivity contribution is 6.21. The molecule has 0 atom stereocenters. The maximum absolute atomic E-state index is 12.4. The lowest BCUT2D eigenvalue weighted by Crippen LogP contribution is -2.32. The number of carbonyl (C=O) groups is 3. The van der Waals surface area contributed by atoms with Gasteiger partial charge in [0.15, 0.2) is 0 Å². The lowest BCUT2D eigenvalue weighted by Gasteiger charge is -2.13. The summed E-state index contributed by atoms with van der Waals surface area (Å²) in [4.78, 5) is 51.4. The van der Waals surface area contributed by atoms with Gasteiger partial charge in [0.05, 0.1) is 16.1 Å². The smallest absolute Gasteiger partial charge is 0.270 e. The Labute approximate surface area is 177 Å². The Morgan fingerprint density at radius 3 is 2.68 bits per heavy atom. The first kappa shape index (κ1) is 20.3. The van der Waals surface area contributed by atoms with Crippen molar-refractivity contribution < 1.29 is 19.3 Å². The van der Waals surface area contributed by atoms with Crippen molar-refractivity contribution in [2.75, 3.05) is 13.1 Å². The lowest BCUT2D eigenvalue weighted by molar-refractivity contribution is -0.384.